The molecule has 0 aliphatic heterocycles. The van der Waals surface area contributed by atoms with Crippen LogP contribution in [0.3, 0.4) is 0 Å². The first-order valence-corrected chi connectivity index (χ1v) is 7.04. The molecule has 0 aliphatic carbocycles. The Kier molecular flexibility index (Phi) is 4.92. The summed E-state index contributed by atoms with van der Waals surface area (Å²) in [5.74, 6) is 0.812. The minimum atomic E-state index is 0.187. The fraction of sp³-hybridized carbons (Fsp3) is 0.462. The summed E-state index contributed by atoms with van der Waals surface area (Å²) < 4.78 is 5.31. The van der Waals surface area contributed by atoms with Gasteiger partial charge in [-0.2, -0.15) is 0 Å². The van der Waals surface area contributed by atoms with Gasteiger partial charge in [-0.1, -0.05) is 6.92 Å². The number of rotatable bonds is 7. The van der Waals surface area contributed by atoms with Crippen molar-refractivity contribution in [2.45, 2.75) is 25.8 Å². The van der Waals surface area contributed by atoms with E-state index in [1.807, 2.05) is 17.5 Å². The van der Waals surface area contributed by atoms with Crippen LogP contribution in [-0.2, 0) is 6.42 Å². The maximum absolute atomic E-state index is 9.06. The van der Waals surface area contributed by atoms with E-state index in [4.69, 9.17) is 9.52 Å². The van der Waals surface area contributed by atoms with Crippen LogP contribution >= 0.6 is 11.3 Å². The Morgan fingerprint density at radius 3 is 3.11 bits per heavy atom. The van der Waals surface area contributed by atoms with Crippen LogP contribution in [0.15, 0.2) is 28.2 Å². The standard InChI is InChI=1S/C13H18N2O2S/c1-2-10(8-16)14-6-5-13-15-11(9-18-13)12-4-3-7-17-12/h3-4,7,9-10,14,16H,2,5-6,8H2,1H3. The Bertz CT molecular complexity index is 449. The lowest BCUT2D eigenvalue weighted by Crippen LogP contribution is -2.33. The molecule has 0 bridgehead atoms. The van der Waals surface area contributed by atoms with E-state index in [-0.39, 0.29) is 12.6 Å². The van der Waals surface area contributed by atoms with Crippen molar-refractivity contribution in [2.75, 3.05) is 13.2 Å². The van der Waals surface area contributed by atoms with Crippen molar-refractivity contribution >= 4 is 11.3 Å². The SMILES string of the molecule is CCC(CO)NCCc1nc(-c2ccco2)cs1. The largest absolute Gasteiger partial charge is 0.463 e. The lowest BCUT2D eigenvalue weighted by molar-refractivity contribution is 0.240. The zero-order valence-corrected chi connectivity index (χ0v) is 11.2. The number of hydrogen-bond acceptors (Lipinski definition) is 5. The second-order valence-electron chi connectivity index (χ2n) is 4.10. The average Bonchev–Trinajstić information content (AvgIpc) is 3.05. The summed E-state index contributed by atoms with van der Waals surface area (Å²) in [7, 11) is 0. The van der Waals surface area contributed by atoms with Gasteiger partial charge in [0.05, 0.1) is 17.9 Å². The molecule has 0 amide bonds. The molecule has 1 unspecified atom stereocenters. The first-order chi connectivity index (χ1) is 8.83. The minimum Gasteiger partial charge on any atom is -0.463 e. The molecule has 0 saturated carbocycles. The van der Waals surface area contributed by atoms with Crippen LogP contribution in [0.5, 0.6) is 0 Å². The molecule has 0 saturated heterocycles. The summed E-state index contributed by atoms with van der Waals surface area (Å²) in [4.78, 5) is 4.52. The highest BCUT2D eigenvalue weighted by Crippen LogP contribution is 2.22. The van der Waals surface area contributed by atoms with Gasteiger partial charge in [-0.05, 0) is 18.6 Å². The number of aliphatic hydroxyl groups is 1. The van der Waals surface area contributed by atoms with Gasteiger partial charge in [0, 0.05) is 24.4 Å². The highest BCUT2D eigenvalue weighted by Gasteiger charge is 2.07. The van der Waals surface area contributed by atoms with Gasteiger partial charge >= 0.3 is 0 Å². The zero-order valence-electron chi connectivity index (χ0n) is 10.4. The van der Waals surface area contributed by atoms with Crippen molar-refractivity contribution in [1.29, 1.82) is 0 Å². The summed E-state index contributed by atoms with van der Waals surface area (Å²) in [6, 6.07) is 3.97. The number of thiazole rings is 1. The molecule has 2 rings (SSSR count). The van der Waals surface area contributed by atoms with Crippen molar-refractivity contribution in [3.8, 4) is 11.5 Å². The van der Waals surface area contributed by atoms with Gasteiger partial charge in [0.15, 0.2) is 5.76 Å². The molecule has 98 valence electrons. The van der Waals surface area contributed by atoms with Gasteiger partial charge < -0.3 is 14.8 Å². The Morgan fingerprint density at radius 1 is 1.56 bits per heavy atom. The van der Waals surface area contributed by atoms with Crippen LogP contribution in [-0.4, -0.2) is 29.3 Å². The molecule has 5 heteroatoms. The van der Waals surface area contributed by atoms with Gasteiger partial charge in [0.1, 0.15) is 5.69 Å². The van der Waals surface area contributed by atoms with Gasteiger partial charge in [0.2, 0.25) is 0 Å². The van der Waals surface area contributed by atoms with Crippen molar-refractivity contribution in [1.82, 2.24) is 10.3 Å². The molecule has 2 aromatic heterocycles. The molecule has 2 N–H and O–H groups in total. The highest BCUT2D eigenvalue weighted by molar-refractivity contribution is 7.09. The average molecular weight is 266 g/mol. The number of aliphatic hydroxyl groups excluding tert-OH is 1. The van der Waals surface area contributed by atoms with Crippen molar-refractivity contribution in [2.24, 2.45) is 0 Å². The summed E-state index contributed by atoms with van der Waals surface area (Å²) in [6.45, 7) is 3.09. The van der Waals surface area contributed by atoms with Crippen molar-refractivity contribution in [3.63, 3.8) is 0 Å². The van der Waals surface area contributed by atoms with E-state index in [0.717, 1.165) is 35.8 Å². The summed E-state index contributed by atoms with van der Waals surface area (Å²) in [5, 5.41) is 15.5. The highest BCUT2D eigenvalue weighted by atomic mass is 32.1. The molecular formula is C13H18N2O2S. The predicted molar refractivity (Wildman–Crippen MR) is 72.7 cm³/mol. The smallest absolute Gasteiger partial charge is 0.153 e. The van der Waals surface area contributed by atoms with Crippen molar-refractivity contribution < 1.29 is 9.52 Å². The Hall–Kier alpha value is -1.17. The number of furan rings is 1. The van der Waals surface area contributed by atoms with Gasteiger partial charge in [-0.3, -0.25) is 0 Å². The van der Waals surface area contributed by atoms with Crippen LogP contribution in [0.4, 0.5) is 0 Å². The monoisotopic (exact) mass is 266 g/mol. The van der Waals surface area contributed by atoms with E-state index < -0.39 is 0 Å². The lowest BCUT2D eigenvalue weighted by Gasteiger charge is -2.12. The van der Waals surface area contributed by atoms with E-state index in [0.29, 0.717) is 0 Å². The van der Waals surface area contributed by atoms with Crippen LogP contribution < -0.4 is 5.32 Å². The molecule has 0 fully saturated rings. The minimum absolute atomic E-state index is 0.187. The van der Waals surface area contributed by atoms with Gasteiger partial charge in [-0.15, -0.1) is 11.3 Å². The molecule has 2 heterocycles. The maximum Gasteiger partial charge on any atom is 0.153 e. The van der Waals surface area contributed by atoms with E-state index in [9.17, 15) is 0 Å². The van der Waals surface area contributed by atoms with Crippen molar-refractivity contribution in [3.05, 3.63) is 28.8 Å². The molecule has 18 heavy (non-hydrogen) atoms. The fourth-order valence-electron chi connectivity index (χ4n) is 1.68. The van der Waals surface area contributed by atoms with Crippen LogP contribution in [0.2, 0.25) is 0 Å². The molecule has 4 nitrogen and oxygen atoms in total. The second-order valence-corrected chi connectivity index (χ2v) is 5.04. The second kappa shape index (κ2) is 6.68. The lowest BCUT2D eigenvalue weighted by atomic mass is 10.2. The molecule has 2 aromatic rings. The summed E-state index contributed by atoms with van der Waals surface area (Å²) in [5.41, 5.74) is 0.897. The third kappa shape index (κ3) is 3.41. The number of aromatic nitrogens is 1. The number of nitrogens with zero attached hydrogens (tertiary/aromatic N) is 1. The van der Waals surface area contributed by atoms with E-state index in [2.05, 4.69) is 17.2 Å². The first kappa shape index (κ1) is 13.3. The normalized spacial score (nSPS) is 12.8. The topological polar surface area (TPSA) is 58.3 Å². The molecule has 0 aliphatic rings. The number of nitrogens with one attached hydrogen (secondary N) is 1. The predicted octanol–water partition coefficient (Wildman–Crippen LogP) is 2.31. The van der Waals surface area contributed by atoms with E-state index in [1.54, 1.807) is 17.6 Å². The van der Waals surface area contributed by atoms with Crippen LogP contribution in [0, 0.1) is 0 Å². The quantitative estimate of drug-likeness (QED) is 0.807. The molecule has 0 spiro atoms. The van der Waals surface area contributed by atoms with Gasteiger partial charge in [0.25, 0.3) is 0 Å². The Morgan fingerprint density at radius 2 is 2.44 bits per heavy atom. The Labute approximate surface area is 111 Å². The number of hydrogen-bond donors (Lipinski definition) is 2. The summed E-state index contributed by atoms with van der Waals surface area (Å²) in [6.07, 6.45) is 3.47. The molecule has 0 aromatic carbocycles. The first-order valence-electron chi connectivity index (χ1n) is 6.16. The molecule has 1 atom stereocenters. The van der Waals surface area contributed by atoms with Crippen LogP contribution in [0.1, 0.15) is 18.4 Å². The van der Waals surface area contributed by atoms with Crippen LogP contribution in [0.25, 0.3) is 11.5 Å². The Balaban J connectivity index is 1.84. The molecule has 0 radical (unpaired) electrons. The van der Waals surface area contributed by atoms with Gasteiger partial charge in [-0.25, -0.2) is 4.98 Å². The maximum atomic E-state index is 9.06. The van der Waals surface area contributed by atoms with E-state index >= 15 is 0 Å². The third-order valence-corrected chi connectivity index (χ3v) is 3.72. The van der Waals surface area contributed by atoms with E-state index in [1.165, 1.54) is 0 Å². The third-order valence-electron chi connectivity index (χ3n) is 2.81. The summed E-state index contributed by atoms with van der Waals surface area (Å²) >= 11 is 1.64. The zero-order chi connectivity index (χ0) is 12.8. The molecular weight excluding hydrogens is 248 g/mol. The fourth-order valence-corrected chi connectivity index (χ4v) is 2.47.